The Morgan fingerprint density at radius 2 is 2.29 bits per heavy atom. The van der Waals surface area contributed by atoms with Crippen molar-refractivity contribution in [1.29, 1.82) is 0 Å². The van der Waals surface area contributed by atoms with Gasteiger partial charge in [0, 0.05) is 6.04 Å². The lowest BCUT2D eigenvalue weighted by Gasteiger charge is -2.09. The maximum absolute atomic E-state index is 10.7. The second-order valence-corrected chi connectivity index (χ2v) is 3.62. The van der Waals surface area contributed by atoms with Crippen molar-refractivity contribution in [2.45, 2.75) is 18.9 Å². The number of nitrogens with two attached hydrogens (primary N) is 1. The van der Waals surface area contributed by atoms with Gasteiger partial charge in [0.2, 0.25) is 0 Å². The summed E-state index contributed by atoms with van der Waals surface area (Å²) in [6, 6.07) is 4.85. The van der Waals surface area contributed by atoms with Crippen LogP contribution in [-0.2, 0) is 0 Å². The molecule has 0 bridgehead atoms. The third-order valence-corrected chi connectivity index (χ3v) is 2.46. The largest absolute Gasteiger partial charge is 0.477 e. The Morgan fingerprint density at radius 1 is 1.57 bits per heavy atom. The standard InChI is InChI=1S/C10H12N2O2/c11-9(6-4-5-6)7-2-1-3-8(12-7)10(13)14/h1-3,6,9H,4-5,11H2,(H,13,14). The molecule has 0 saturated heterocycles. The minimum Gasteiger partial charge on any atom is -0.477 e. The molecule has 74 valence electrons. The summed E-state index contributed by atoms with van der Waals surface area (Å²) < 4.78 is 0. The van der Waals surface area contributed by atoms with Crippen LogP contribution in [0.4, 0.5) is 0 Å². The average Bonchev–Trinajstić information content (AvgIpc) is 3.00. The van der Waals surface area contributed by atoms with Gasteiger partial charge in [0.05, 0.1) is 5.69 Å². The van der Waals surface area contributed by atoms with E-state index in [1.54, 1.807) is 12.1 Å². The van der Waals surface area contributed by atoms with Crippen molar-refractivity contribution in [3.05, 3.63) is 29.6 Å². The van der Waals surface area contributed by atoms with Crippen LogP contribution in [0.2, 0.25) is 0 Å². The summed E-state index contributed by atoms with van der Waals surface area (Å²) in [5.74, 6) is -0.513. The topological polar surface area (TPSA) is 76.2 Å². The second kappa shape index (κ2) is 3.38. The lowest BCUT2D eigenvalue weighted by Crippen LogP contribution is -2.15. The molecule has 1 heterocycles. The number of hydrogen-bond donors (Lipinski definition) is 2. The van der Waals surface area contributed by atoms with Crippen LogP contribution in [0.5, 0.6) is 0 Å². The quantitative estimate of drug-likeness (QED) is 0.754. The van der Waals surface area contributed by atoms with E-state index in [9.17, 15) is 4.79 Å². The highest BCUT2D eigenvalue weighted by molar-refractivity contribution is 5.85. The van der Waals surface area contributed by atoms with E-state index in [0.717, 1.165) is 12.8 Å². The Balaban J connectivity index is 2.24. The predicted molar refractivity (Wildman–Crippen MR) is 50.8 cm³/mol. The molecule has 1 aromatic heterocycles. The zero-order chi connectivity index (χ0) is 10.1. The van der Waals surface area contributed by atoms with E-state index in [1.807, 2.05) is 0 Å². The molecule has 1 fully saturated rings. The molecular formula is C10H12N2O2. The van der Waals surface area contributed by atoms with Gasteiger partial charge in [-0.15, -0.1) is 0 Å². The molecule has 0 amide bonds. The van der Waals surface area contributed by atoms with E-state index in [2.05, 4.69) is 4.98 Å². The molecule has 2 rings (SSSR count). The van der Waals surface area contributed by atoms with Gasteiger partial charge in [0.25, 0.3) is 0 Å². The molecule has 0 aromatic carbocycles. The molecule has 3 N–H and O–H groups in total. The average molecular weight is 192 g/mol. The van der Waals surface area contributed by atoms with E-state index in [0.29, 0.717) is 11.6 Å². The number of carboxylic acid groups (broad SMARTS) is 1. The third-order valence-electron chi connectivity index (χ3n) is 2.46. The van der Waals surface area contributed by atoms with Crippen LogP contribution in [0.1, 0.15) is 35.1 Å². The van der Waals surface area contributed by atoms with Gasteiger partial charge in [-0.05, 0) is 30.9 Å². The van der Waals surface area contributed by atoms with Crippen molar-refractivity contribution < 1.29 is 9.90 Å². The minimum absolute atomic E-state index is 0.0681. The molecule has 4 nitrogen and oxygen atoms in total. The van der Waals surface area contributed by atoms with Crippen LogP contribution in [0.15, 0.2) is 18.2 Å². The summed E-state index contributed by atoms with van der Waals surface area (Å²) in [6.45, 7) is 0. The SMILES string of the molecule is NC(c1cccc(C(=O)O)n1)C1CC1. The fourth-order valence-electron chi connectivity index (χ4n) is 1.45. The van der Waals surface area contributed by atoms with Gasteiger partial charge in [-0.1, -0.05) is 6.07 Å². The molecule has 1 aliphatic rings. The van der Waals surface area contributed by atoms with Gasteiger partial charge < -0.3 is 10.8 Å². The Labute approximate surface area is 81.8 Å². The first kappa shape index (κ1) is 9.15. The smallest absolute Gasteiger partial charge is 0.354 e. The van der Waals surface area contributed by atoms with Crippen LogP contribution in [0.3, 0.4) is 0 Å². The van der Waals surface area contributed by atoms with Crippen LogP contribution in [-0.4, -0.2) is 16.1 Å². The van der Waals surface area contributed by atoms with Crippen molar-refractivity contribution in [1.82, 2.24) is 4.98 Å². The van der Waals surface area contributed by atoms with Gasteiger partial charge in [-0.2, -0.15) is 0 Å². The van der Waals surface area contributed by atoms with E-state index < -0.39 is 5.97 Å². The Hall–Kier alpha value is -1.42. The molecular weight excluding hydrogens is 180 g/mol. The highest BCUT2D eigenvalue weighted by Crippen LogP contribution is 2.38. The third kappa shape index (κ3) is 1.75. The van der Waals surface area contributed by atoms with E-state index in [-0.39, 0.29) is 11.7 Å². The maximum Gasteiger partial charge on any atom is 0.354 e. The summed E-state index contributed by atoms with van der Waals surface area (Å²) in [7, 11) is 0. The zero-order valence-corrected chi connectivity index (χ0v) is 7.68. The number of aromatic nitrogens is 1. The summed E-state index contributed by atoms with van der Waals surface area (Å²) in [5, 5.41) is 8.74. The minimum atomic E-state index is -1.00. The Kier molecular flexibility index (Phi) is 2.21. The fraction of sp³-hybridized carbons (Fsp3) is 0.400. The van der Waals surface area contributed by atoms with Crippen LogP contribution in [0.25, 0.3) is 0 Å². The van der Waals surface area contributed by atoms with E-state index >= 15 is 0 Å². The zero-order valence-electron chi connectivity index (χ0n) is 7.68. The highest BCUT2D eigenvalue weighted by atomic mass is 16.4. The number of pyridine rings is 1. The van der Waals surface area contributed by atoms with Crippen LogP contribution >= 0.6 is 0 Å². The molecule has 0 aliphatic heterocycles. The van der Waals surface area contributed by atoms with Gasteiger partial charge in [-0.3, -0.25) is 0 Å². The van der Waals surface area contributed by atoms with Crippen molar-refractivity contribution in [2.75, 3.05) is 0 Å². The summed E-state index contributed by atoms with van der Waals surface area (Å²) in [4.78, 5) is 14.7. The first-order valence-electron chi connectivity index (χ1n) is 4.64. The van der Waals surface area contributed by atoms with Crippen LogP contribution < -0.4 is 5.73 Å². The lowest BCUT2D eigenvalue weighted by molar-refractivity contribution is 0.0690. The normalized spacial score (nSPS) is 17.8. The van der Waals surface area contributed by atoms with Crippen LogP contribution in [0, 0.1) is 5.92 Å². The number of carbonyl (C=O) groups is 1. The highest BCUT2D eigenvalue weighted by Gasteiger charge is 2.30. The van der Waals surface area contributed by atoms with Crippen molar-refractivity contribution in [3.63, 3.8) is 0 Å². The molecule has 1 aliphatic carbocycles. The molecule has 1 atom stereocenters. The Morgan fingerprint density at radius 3 is 2.86 bits per heavy atom. The number of aromatic carboxylic acids is 1. The van der Waals surface area contributed by atoms with Crippen molar-refractivity contribution >= 4 is 5.97 Å². The number of carboxylic acids is 1. The number of rotatable bonds is 3. The molecule has 4 heteroatoms. The van der Waals surface area contributed by atoms with E-state index in [4.69, 9.17) is 10.8 Å². The first-order valence-corrected chi connectivity index (χ1v) is 4.64. The monoisotopic (exact) mass is 192 g/mol. The van der Waals surface area contributed by atoms with Crippen molar-refractivity contribution in [2.24, 2.45) is 11.7 Å². The first-order chi connectivity index (χ1) is 6.68. The lowest BCUT2D eigenvalue weighted by atomic mass is 10.1. The van der Waals surface area contributed by atoms with Gasteiger partial charge in [0.15, 0.2) is 0 Å². The predicted octanol–water partition coefficient (Wildman–Crippen LogP) is 1.19. The molecule has 0 radical (unpaired) electrons. The number of hydrogen-bond acceptors (Lipinski definition) is 3. The van der Waals surface area contributed by atoms with Gasteiger partial charge in [-0.25, -0.2) is 9.78 Å². The summed E-state index contributed by atoms with van der Waals surface area (Å²) in [6.07, 6.45) is 2.25. The second-order valence-electron chi connectivity index (χ2n) is 3.62. The maximum atomic E-state index is 10.7. The van der Waals surface area contributed by atoms with Crippen molar-refractivity contribution in [3.8, 4) is 0 Å². The van der Waals surface area contributed by atoms with E-state index in [1.165, 1.54) is 6.07 Å². The molecule has 0 spiro atoms. The number of nitrogens with zero attached hydrogens (tertiary/aromatic N) is 1. The summed E-state index contributed by atoms with van der Waals surface area (Å²) in [5.41, 5.74) is 6.67. The van der Waals surface area contributed by atoms with Gasteiger partial charge in [0.1, 0.15) is 5.69 Å². The molecule has 1 aromatic rings. The van der Waals surface area contributed by atoms with Gasteiger partial charge >= 0.3 is 5.97 Å². The molecule has 1 unspecified atom stereocenters. The summed E-state index contributed by atoms with van der Waals surface area (Å²) >= 11 is 0. The Bertz CT molecular complexity index is 361. The molecule has 14 heavy (non-hydrogen) atoms. The fourth-order valence-corrected chi connectivity index (χ4v) is 1.45. The molecule has 1 saturated carbocycles.